The van der Waals surface area contributed by atoms with E-state index < -0.39 is 0 Å². The summed E-state index contributed by atoms with van der Waals surface area (Å²) in [6.07, 6.45) is 0.692. The van der Waals surface area contributed by atoms with Gasteiger partial charge in [0.15, 0.2) is 0 Å². The molecule has 12 heavy (non-hydrogen) atoms. The van der Waals surface area contributed by atoms with E-state index in [-0.39, 0.29) is 23.2 Å². The summed E-state index contributed by atoms with van der Waals surface area (Å²) in [4.78, 5) is 25.5. The molecule has 5 heteroatoms. The van der Waals surface area contributed by atoms with Gasteiger partial charge in [-0.3, -0.25) is 9.69 Å². The summed E-state index contributed by atoms with van der Waals surface area (Å²) in [7, 11) is 1.52. The Hall–Kier alpha value is -0.710. The maximum absolute atomic E-state index is 11.4. The lowest BCUT2D eigenvalue weighted by Gasteiger charge is -2.11. The fraction of sp³-hybridized carbons (Fsp3) is 0.714. The van der Waals surface area contributed by atoms with E-state index in [1.54, 1.807) is 4.90 Å². The molecule has 2 aliphatic heterocycles. The molecule has 2 heterocycles. The van der Waals surface area contributed by atoms with Crippen molar-refractivity contribution in [2.75, 3.05) is 13.6 Å². The third-order valence-corrected chi connectivity index (χ3v) is 2.80. The second kappa shape index (κ2) is 2.39. The lowest BCUT2D eigenvalue weighted by molar-refractivity contribution is -0.127. The number of hydrogen-bond donors (Lipinski definition) is 1. The van der Waals surface area contributed by atoms with Crippen molar-refractivity contribution in [2.45, 2.75) is 17.7 Å². The molecule has 2 rings (SSSR count). The van der Waals surface area contributed by atoms with Gasteiger partial charge in [0.1, 0.15) is 6.04 Å². The van der Waals surface area contributed by atoms with Crippen molar-refractivity contribution in [3.63, 3.8) is 0 Å². The standard InChI is InChI=1S/C7H10N2O2S/c1-8-6(10)5-2-4(12)3-9(5)7(8)11/h4-5,12H,2-3H2,1H3/t4-,5-/m0/s1. The van der Waals surface area contributed by atoms with Gasteiger partial charge in [-0.25, -0.2) is 4.79 Å². The van der Waals surface area contributed by atoms with Gasteiger partial charge in [-0.05, 0) is 6.42 Å². The summed E-state index contributed by atoms with van der Waals surface area (Å²) in [6, 6.07) is -0.411. The Morgan fingerprint density at radius 1 is 1.50 bits per heavy atom. The van der Waals surface area contributed by atoms with Crippen LogP contribution in [0.2, 0.25) is 0 Å². The van der Waals surface area contributed by atoms with Gasteiger partial charge in [-0.15, -0.1) is 0 Å². The molecular weight excluding hydrogens is 176 g/mol. The zero-order valence-electron chi connectivity index (χ0n) is 6.73. The Bertz CT molecular complexity index is 232. The number of thiol groups is 1. The minimum atomic E-state index is -0.231. The maximum Gasteiger partial charge on any atom is 0.327 e. The van der Waals surface area contributed by atoms with Crippen molar-refractivity contribution < 1.29 is 9.59 Å². The number of hydrogen-bond acceptors (Lipinski definition) is 3. The number of imide groups is 1. The lowest BCUT2D eigenvalue weighted by atomic mass is 10.2. The first-order valence-electron chi connectivity index (χ1n) is 3.87. The Balaban J connectivity index is 2.27. The molecular formula is C7H10N2O2S. The SMILES string of the molecule is CN1C(=O)[C@@H]2C[C@H](S)CN2C1=O. The number of nitrogens with zero attached hydrogens (tertiary/aromatic N) is 2. The van der Waals surface area contributed by atoms with Gasteiger partial charge in [-0.1, -0.05) is 0 Å². The average molecular weight is 186 g/mol. The van der Waals surface area contributed by atoms with Crippen molar-refractivity contribution in [3.8, 4) is 0 Å². The topological polar surface area (TPSA) is 40.6 Å². The van der Waals surface area contributed by atoms with Crippen LogP contribution in [0.1, 0.15) is 6.42 Å². The van der Waals surface area contributed by atoms with Gasteiger partial charge in [-0.2, -0.15) is 12.6 Å². The second-order valence-electron chi connectivity index (χ2n) is 3.24. The van der Waals surface area contributed by atoms with E-state index in [4.69, 9.17) is 0 Å². The molecule has 0 aromatic heterocycles. The highest BCUT2D eigenvalue weighted by molar-refractivity contribution is 7.81. The van der Waals surface area contributed by atoms with E-state index in [1.165, 1.54) is 11.9 Å². The molecule has 0 saturated carbocycles. The van der Waals surface area contributed by atoms with Crippen LogP contribution in [-0.4, -0.2) is 46.6 Å². The fourth-order valence-electron chi connectivity index (χ4n) is 1.77. The van der Waals surface area contributed by atoms with Crippen LogP contribution < -0.4 is 0 Å². The quantitative estimate of drug-likeness (QED) is 0.425. The third-order valence-electron chi connectivity index (χ3n) is 2.43. The van der Waals surface area contributed by atoms with Crippen molar-refractivity contribution in [1.29, 1.82) is 0 Å². The molecule has 2 aliphatic rings. The lowest BCUT2D eigenvalue weighted by Crippen LogP contribution is -2.31. The van der Waals surface area contributed by atoms with Crippen molar-refractivity contribution in [2.24, 2.45) is 0 Å². The normalized spacial score (nSPS) is 34.8. The van der Waals surface area contributed by atoms with E-state index in [0.29, 0.717) is 13.0 Å². The van der Waals surface area contributed by atoms with Crippen LogP contribution in [0.15, 0.2) is 0 Å². The molecule has 3 amide bonds. The molecule has 0 radical (unpaired) electrons. The van der Waals surface area contributed by atoms with E-state index in [1.807, 2.05) is 0 Å². The molecule has 2 saturated heterocycles. The van der Waals surface area contributed by atoms with Crippen LogP contribution in [-0.2, 0) is 4.79 Å². The summed E-state index contributed by atoms with van der Waals surface area (Å²) < 4.78 is 0. The molecule has 2 fully saturated rings. The van der Waals surface area contributed by atoms with E-state index >= 15 is 0 Å². The predicted octanol–water partition coefficient (Wildman–Crippen LogP) is -0.0489. The van der Waals surface area contributed by atoms with Gasteiger partial charge in [0.05, 0.1) is 0 Å². The first-order valence-corrected chi connectivity index (χ1v) is 4.39. The number of urea groups is 1. The number of amides is 3. The van der Waals surface area contributed by atoms with Gasteiger partial charge < -0.3 is 4.90 Å². The summed E-state index contributed by atoms with van der Waals surface area (Å²) in [5.74, 6) is -0.0865. The van der Waals surface area contributed by atoms with Gasteiger partial charge in [0.25, 0.3) is 5.91 Å². The van der Waals surface area contributed by atoms with E-state index in [0.717, 1.165) is 0 Å². The maximum atomic E-state index is 11.4. The molecule has 0 unspecified atom stereocenters. The van der Waals surface area contributed by atoms with Crippen molar-refractivity contribution in [1.82, 2.24) is 9.80 Å². The van der Waals surface area contributed by atoms with Crippen LogP contribution in [0.5, 0.6) is 0 Å². The Morgan fingerprint density at radius 2 is 2.17 bits per heavy atom. The van der Waals surface area contributed by atoms with Crippen LogP contribution >= 0.6 is 12.6 Å². The summed E-state index contributed by atoms with van der Waals surface area (Å²) in [5.41, 5.74) is 0. The monoisotopic (exact) mass is 186 g/mol. The fourth-order valence-corrected chi connectivity index (χ4v) is 2.15. The highest BCUT2D eigenvalue weighted by atomic mass is 32.1. The summed E-state index contributed by atoms with van der Waals surface area (Å²) in [6.45, 7) is 0.600. The number of rotatable bonds is 0. The summed E-state index contributed by atoms with van der Waals surface area (Å²) >= 11 is 4.25. The smallest absolute Gasteiger partial charge is 0.311 e. The number of carbonyl (C=O) groups excluding carboxylic acids is 2. The van der Waals surface area contributed by atoms with E-state index in [2.05, 4.69) is 12.6 Å². The van der Waals surface area contributed by atoms with Gasteiger partial charge in [0.2, 0.25) is 0 Å². The van der Waals surface area contributed by atoms with Crippen molar-refractivity contribution in [3.05, 3.63) is 0 Å². The van der Waals surface area contributed by atoms with Gasteiger partial charge in [0, 0.05) is 18.8 Å². The Morgan fingerprint density at radius 3 is 2.75 bits per heavy atom. The molecule has 0 spiro atoms. The average Bonchev–Trinajstić information content (AvgIpc) is 2.49. The minimum absolute atomic E-state index is 0.0865. The number of carbonyl (C=O) groups is 2. The number of fused-ring (bicyclic) bond motifs is 1. The largest absolute Gasteiger partial charge is 0.327 e. The van der Waals surface area contributed by atoms with E-state index in [9.17, 15) is 9.59 Å². The van der Waals surface area contributed by atoms with Crippen LogP contribution in [0, 0.1) is 0 Å². The predicted molar refractivity (Wildman–Crippen MR) is 46.1 cm³/mol. The molecule has 0 N–H and O–H groups in total. The van der Waals surface area contributed by atoms with Crippen LogP contribution in [0.25, 0.3) is 0 Å². The Kier molecular flexibility index (Phi) is 1.57. The van der Waals surface area contributed by atoms with Crippen LogP contribution in [0.3, 0.4) is 0 Å². The zero-order valence-corrected chi connectivity index (χ0v) is 7.62. The highest BCUT2D eigenvalue weighted by Gasteiger charge is 2.47. The van der Waals surface area contributed by atoms with Gasteiger partial charge >= 0.3 is 6.03 Å². The molecule has 0 bridgehead atoms. The number of likely N-dealkylation sites (N-methyl/N-ethyl adjacent to an activating group) is 1. The first-order chi connectivity index (χ1) is 5.61. The molecule has 2 atom stereocenters. The molecule has 66 valence electrons. The molecule has 0 aromatic rings. The highest BCUT2D eigenvalue weighted by Crippen LogP contribution is 2.28. The molecule has 0 aliphatic carbocycles. The third kappa shape index (κ3) is 0.857. The molecule has 4 nitrogen and oxygen atoms in total. The zero-order chi connectivity index (χ0) is 8.88. The minimum Gasteiger partial charge on any atom is -0.311 e. The molecule has 0 aromatic carbocycles. The van der Waals surface area contributed by atoms with Crippen LogP contribution in [0.4, 0.5) is 4.79 Å². The summed E-state index contributed by atoms with van der Waals surface area (Å²) in [5, 5.41) is 0.164. The first kappa shape index (κ1) is 7.91. The Labute approximate surface area is 75.9 Å². The van der Waals surface area contributed by atoms with Crippen molar-refractivity contribution >= 4 is 24.6 Å². The second-order valence-corrected chi connectivity index (χ2v) is 3.97.